The molecule has 0 unspecified atom stereocenters. The molecule has 1 nitrogen and oxygen atoms in total. The summed E-state index contributed by atoms with van der Waals surface area (Å²) in [4.78, 5) is 0. The van der Waals surface area contributed by atoms with Crippen LogP contribution in [0.4, 0.5) is 0 Å². The average molecular weight is 58.1 g/mol. The first-order valence-corrected chi connectivity index (χ1v) is 1.20. The summed E-state index contributed by atoms with van der Waals surface area (Å²) in [6, 6.07) is 0. The van der Waals surface area contributed by atoms with Crippen LogP contribution in [0, 0.1) is 6.65 Å². The van der Waals surface area contributed by atoms with Crippen molar-refractivity contribution in [3.05, 3.63) is 6.65 Å². The zero-order valence-corrected chi connectivity index (χ0v) is 2.91. The van der Waals surface area contributed by atoms with Crippen LogP contribution in [0.15, 0.2) is 0 Å². The fraction of sp³-hybridized carbons (Fsp3) is 0.667. The minimum absolute atomic E-state index is 2.00. The van der Waals surface area contributed by atoms with Gasteiger partial charge < -0.3 is 0 Å². The molecule has 0 N–H and O–H groups in total. The third kappa shape index (κ3) is 14.1. The van der Waals surface area contributed by atoms with Crippen molar-refractivity contribution in [2.75, 3.05) is 0 Å². The zero-order chi connectivity index (χ0) is 4.00. The molecule has 1 heteroatoms. The van der Waals surface area contributed by atoms with Crippen LogP contribution in [0.3, 0.4) is 0 Å². The Morgan fingerprint density at radius 3 is 1.25 bits per heavy atom. The average Bonchev–Trinajstić information content (AvgIpc) is 1.50. The fourth-order valence-corrected chi connectivity index (χ4v) is 0. The molecule has 0 amide bonds. The molecule has 0 aromatic heterocycles. The summed E-state index contributed by atoms with van der Waals surface area (Å²) in [5.74, 6) is 0. The summed E-state index contributed by atoms with van der Waals surface area (Å²) in [5, 5.41) is 0. The predicted octanol–water partition coefficient (Wildman–Crippen LogP) is 0.989. The predicted molar refractivity (Wildman–Crippen MR) is 15.3 cm³/mol. The van der Waals surface area contributed by atoms with Gasteiger partial charge >= 0.3 is 11.3 Å². The topological polar surface area (TPSA) is 19.9 Å². The molecule has 0 saturated heterocycles. The standard InChI is InChI=1S/C2H6.CO/c2*1-2/h1-2H3;. The first kappa shape index (κ1) is 9.27. The van der Waals surface area contributed by atoms with Crippen LogP contribution in [-0.4, -0.2) is 0 Å². The van der Waals surface area contributed by atoms with Gasteiger partial charge in [-0.05, 0) is 0 Å². The molecule has 0 aromatic rings. The second kappa shape index (κ2) is 123. The van der Waals surface area contributed by atoms with Crippen molar-refractivity contribution in [2.45, 2.75) is 13.8 Å². The maximum atomic E-state index is 7.50. The van der Waals surface area contributed by atoms with Gasteiger partial charge in [-0.15, -0.1) is 0 Å². The fourth-order valence-electron chi connectivity index (χ4n) is 0. The van der Waals surface area contributed by atoms with E-state index in [9.17, 15) is 0 Å². The van der Waals surface area contributed by atoms with Gasteiger partial charge in [-0.2, -0.15) is 0 Å². The molecule has 0 radical (unpaired) electrons. The van der Waals surface area contributed by atoms with Gasteiger partial charge in [0.15, 0.2) is 0 Å². The van der Waals surface area contributed by atoms with Crippen LogP contribution in [0.2, 0.25) is 0 Å². The zero-order valence-electron chi connectivity index (χ0n) is 2.91. The van der Waals surface area contributed by atoms with Gasteiger partial charge in [0.05, 0.1) is 0 Å². The molecule has 0 aromatic carbocycles. The van der Waals surface area contributed by atoms with Gasteiger partial charge in [-0.1, -0.05) is 13.8 Å². The molecule has 0 heterocycles. The SMILES string of the molecule is CC.[C-]#[O+]. The number of rotatable bonds is 0. The molecular formula is C3H6O. The second-order valence-electron chi connectivity index (χ2n) is 0. The van der Waals surface area contributed by atoms with E-state index in [2.05, 4.69) is 6.65 Å². The molecular weight excluding hydrogens is 52.0 g/mol. The van der Waals surface area contributed by atoms with Gasteiger partial charge in [-0.3, -0.25) is 0 Å². The monoisotopic (exact) mass is 58.0 g/mol. The van der Waals surface area contributed by atoms with E-state index in [0.29, 0.717) is 0 Å². The van der Waals surface area contributed by atoms with Crippen LogP contribution in [0.1, 0.15) is 13.8 Å². The van der Waals surface area contributed by atoms with Crippen LogP contribution in [0.5, 0.6) is 0 Å². The Morgan fingerprint density at radius 1 is 1.25 bits per heavy atom. The first-order valence-electron chi connectivity index (χ1n) is 1.20. The third-order valence-electron chi connectivity index (χ3n) is 0. The van der Waals surface area contributed by atoms with Crippen LogP contribution in [0.25, 0.3) is 0 Å². The molecule has 0 bridgehead atoms. The van der Waals surface area contributed by atoms with E-state index in [0.717, 1.165) is 0 Å². The molecule has 0 saturated carbocycles. The molecule has 0 atom stereocenters. The van der Waals surface area contributed by atoms with E-state index in [1.54, 1.807) is 0 Å². The van der Waals surface area contributed by atoms with Gasteiger partial charge in [0.1, 0.15) is 0 Å². The number of hydrogen-bond donors (Lipinski definition) is 0. The molecule has 0 spiro atoms. The molecule has 0 aliphatic heterocycles. The summed E-state index contributed by atoms with van der Waals surface area (Å²) in [7, 11) is 0. The third-order valence-corrected chi connectivity index (χ3v) is 0. The van der Waals surface area contributed by atoms with E-state index < -0.39 is 0 Å². The Morgan fingerprint density at radius 2 is 1.25 bits per heavy atom. The van der Waals surface area contributed by atoms with Gasteiger partial charge in [0.2, 0.25) is 0 Å². The van der Waals surface area contributed by atoms with Crippen molar-refractivity contribution in [2.24, 2.45) is 0 Å². The Kier molecular flexibility index (Phi) is 285. The molecule has 4 heavy (non-hydrogen) atoms. The minimum atomic E-state index is 2.00. The van der Waals surface area contributed by atoms with E-state index in [1.807, 2.05) is 13.8 Å². The molecule has 0 rings (SSSR count). The van der Waals surface area contributed by atoms with Crippen LogP contribution >= 0.6 is 0 Å². The van der Waals surface area contributed by atoms with Crippen LogP contribution in [-0.2, 0) is 4.65 Å². The van der Waals surface area contributed by atoms with Gasteiger partial charge in [0.25, 0.3) is 0 Å². The summed E-state index contributed by atoms with van der Waals surface area (Å²) < 4.78 is 7.50. The van der Waals surface area contributed by atoms with E-state index in [1.165, 1.54) is 0 Å². The molecule has 0 aliphatic rings. The van der Waals surface area contributed by atoms with Crippen molar-refractivity contribution in [1.29, 1.82) is 0 Å². The van der Waals surface area contributed by atoms with E-state index >= 15 is 0 Å². The Bertz CT molecular complexity index is 8.00. The van der Waals surface area contributed by atoms with Crippen LogP contribution < -0.4 is 0 Å². The normalized spacial score (nSPS) is 2.00. The van der Waals surface area contributed by atoms with Crippen molar-refractivity contribution in [1.82, 2.24) is 0 Å². The number of hydrogen-bond acceptors (Lipinski definition) is 0. The summed E-state index contributed by atoms with van der Waals surface area (Å²) >= 11 is 0. The van der Waals surface area contributed by atoms with E-state index in [-0.39, 0.29) is 0 Å². The Labute approximate surface area is 26.4 Å². The summed E-state index contributed by atoms with van der Waals surface area (Å²) in [5.41, 5.74) is 0. The summed E-state index contributed by atoms with van der Waals surface area (Å²) in [6.07, 6.45) is 0. The quantitative estimate of drug-likeness (QED) is 0.292. The maximum absolute atomic E-state index is 7.50. The van der Waals surface area contributed by atoms with Crippen molar-refractivity contribution in [3.63, 3.8) is 0 Å². The first-order chi connectivity index (χ1) is 2.00. The summed E-state index contributed by atoms with van der Waals surface area (Å²) in [6.45, 7) is 8.50. The van der Waals surface area contributed by atoms with Gasteiger partial charge in [0, 0.05) is 0 Å². The van der Waals surface area contributed by atoms with E-state index in [4.69, 9.17) is 4.65 Å². The van der Waals surface area contributed by atoms with Gasteiger partial charge in [-0.25, -0.2) is 0 Å². The molecule has 0 aliphatic carbocycles. The molecule has 24 valence electrons. The van der Waals surface area contributed by atoms with Crippen molar-refractivity contribution >= 4 is 0 Å². The Hall–Kier alpha value is -0.260. The second-order valence-corrected chi connectivity index (χ2v) is 0. The Balaban J connectivity index is 0. The van der Waals surface area contributed by atoms with Crippen molar-refractivity contribution in [3.8, 4) is 0 Å². The van der Waals surface area contributed by atoms with Crippen molar-refractivity contribution < 1.29 is 4.65 Å². The molecule has 0 fully saturated rings.